The summed E-state index contributed by atoms with van der Waals surface area (Å²) in [4.78, 5) is 0. The normalized spacial score (nSPS) is 7.64. The average Bonchev–Trinajstić information content (AvgIpc) is 1.83. The van der Waals surface area contributed by atoms with Gasteiger partial charge in [0.1, 0.15) is 0 Å². The zero-order chi connectivity index (χ0) is 6.85. The van der Waals surface area contributed by atoms with Gasteiger partial charge in [-0.3, -0.25) is 0 Å². The molecule has 0 aliphatic rings. The third-order valence-electron chi connectivity index (χ3n) is 0.993. The van der Waals surface area contributed by atoms with Crippen LogP contribution in [0, 0.1) is 0 Å². The lowest BCUT2D eigenvalue weighted by Crippen LogP contribution is -1.67. The molecule has 0 saturated heterocycles. The number of phenolic OH excluding ortho intramolecular Hbond substituents is 3. The summed E-state index contributed by atoms with van der Waals surface area (Å²) >= 11 is 0. The number of phenols is 3. The first-order chi connectivity index (χ1) is 4.22. The second kappa shape index (κ2) is 4.93. The molecule has 0 spiro atoms. The number of benzene rings is 1. The summed E-state index contributed by atoms with van der Waals surface area (Å²) in [7, 11) is 0. The first-order valence-corrected chi connectivity index (χ1v) is 2.41. The quantitative estimate of drug-likeness (QED) is 0.556. The van der Waals surface area contributed by atoms with Gasteiger partial charge >= 0.3 is 0 Å². The summed E-state index contributed by atoms with van der Waals surface area (Å²) in [6.07, 6.45) is 0. The number of hydrogen-bond acceptors (Lipinski definition) is 3. The minimum absolute atomic E-state index is 0. The van der Waals surface area contributed by atoms with Crippen molar-refractivity contribution in [3.8, 4) is 17.2 Å². The van der Waals surface area contributed by atoms with Crippen LogP contribution in [0.3, 0.4) is 0 Å². The van der Waals surface area contributed by atoms with Crippen molar-refractivity contribution in [3.05, 3.63) is 18.2 Å². The summed E-state index contributed by atoms with van der Waals surface area (Å²) in [5.41, 5.74) is 0. The van der Waals surface area contributed by atoms with E-state index in [0.717, 1.165) is 0 Å². The van der Waals surface area contributed by atoms with Crippen LogP contribution in [0.5, 0.6) is 17.2 Å². The largest absolute Gasteiger partial charge is 0.504 e. The lowest BCUT2D eigenvalue weighted by atomic mass is 10.3. The standard InChI is InChI=1S/C6H6O3.2ClH/c7-4-2-1-3-5(8)6(4)9;;/h1-3,7-9H;2*1H. The third kappa shape index (κ3) is 2.74. The second-order valence-corrected chi connectivity index (χ2v) is 1.64. The number of halogens is 2. The van der Waals surface area contributed by atoms with E-state index in [1.807, 2.05) is 0 Å². The molecule has 0 amide bonds. The molecule has 0 unspecified atom stereocenters. The van der Waals surface area contributed by atoms with Crippen molar-refractivity contribution < 1.29 is 15.3 Å². The van der Waals surface area contributed by atoms with Gasteiger partial charge < -0.3 is 15.3 Å². The molecule has 11 heavy (non-hydrogen) atoms. The van der Waals surface area contributed by atoms with Crippen LogP contribution in [0.4, 0.5) is 0 Å². The maximum absolute atomic E-state index is 8.71. The monoisotopic (exact) mass is 198 g/mol. The van der Waals surface area contributed by atoms with E-state index >= 15 is 0 Å². The Hall–Kier alpha value is -0.800. The molecule has 1 aromatic rings. The molecular weight excluding hydrogens is 191 g/mol. The van der Waals surface area contributed by atoms with Gasteiger partial charge in [0, 0.05) is 0 Å². The van der Waals surface area contributed by atoms with Gasteiger partial charge in [-0.25, -0.2) is 0 Å². The highest BCUT2D eigenvalue weighted by molar-refractivity contribution is 5.85. The molecule has 5 heteroatoms. The number of para-hydroxylation sites is 1. The molecule has 0 saturated carbocycles. The van der Waals surface area contributed by atoms with Crippen LogP contribution in [0.2, 0.25) is 0 Å². The van der Waals surface area contributed by atoms with Gasteiger partial charge in [-0.1, -0.05) is 6.07 Å². The fourth-order valence-corrected chi connectivity index (χ4v) is 0.519. The number of aromatic hydroxyl groups is 3. The van der Waals surface area contributed by atoms with E-state index in [0.29, 0.717) is 0 Å². The van der Waals surface area contributed by atoms with Crippen LogP contribution < -0.4 is 0 Å². The predicted molar refractivity (Wildman–Crippen MR) is 45.9 cm³/mol. The van der Waals surface area contributed by atoms with Crippen molar-refractivity contribution in [2.45, 2.75) is 0 Å². The third-order valence-corrected chi connectivity index (χ3v) is 0.993. The fourth-order valence-electron chi connectivity index (χ4n) is 0.519. The summed E-state index contributed by atoms with van der Waals surface area (Å²) in [6, 6.07) is 4.01. The van der Waals surface area contributed by atoms with E-state index in [4.69, 9.17) is 15.3 Å². The Balaban J connectivity index is 0. The second-order valence-electron chi connectivity index (χ2n) is 1.64. The highest BCUT2D eigenvalue weighted by Gasteiger charge is 2.00. The van der Waals surface area contributed by atoms with Crippen LogP contribution in [0.25, 0.3) is 0 Å². The van der Waals surface area contributed by atoms with Crippen molar-refractivity contribution in [3.63, 3.8) is 0 Å². The van der Waals surface area contributed by atoms with E-state index in [1.165, 1.54) is 18.2 Å². The Kier molecular flexibility index (Phi) is 5.76. The lowest BCUT2D eigenvalue weighted by molar-refractivity contribution is 0.368. The minimum Gasteiger partial charge on any atom is -0.504 e. The number of rotatable bonds is 0. The molecule has 0 atom stereocenters. The smallest absolute Gasteiger partial charge is 0.200 e. The Labute approximate surface area is 76.1 Å². The Morgan fingerprint density at radius 1 is 0.818 bits per heavy atom. The van der Waals surface area contributed by atoms with Crippen LogP contribution in [-0.4, -0.2) is 15.3 Å². The zero-order valence-corrected chi connectivity index (χ0v) is 7.02. The average molecular weight is 199 g/mol. The molecule has 0 fully saturated rings. The van der Waals surface area contributed by atoms with Crippen molar-refractivity contribution >= 4 is 24.8 Å². The predicted octanol–water partition coefficient (Wildman–Crippen LogP) is 1.65. The SMILES string of the molecule is Cl.Cl.Oc1cccc(O)c1O. The van der Waals surface area contributed by atoms with Gasteiger partial charge in [-0.05, 0) is 12.1 Å². The fraction of sp³-hybridized carbons (Fsp3) is 0. The van der Waals surface area contributed by atoms with Crippen molar-refractivity contribution in [2.75, 3.05) is 0 Å². The summed E-state index contributed by atoms with van der Waals surface area (Å²) in [5, 5.41) is 26.1. The van der Waals surface area contributed by atoms with Gasteiger partial charge in [0.25, 0.3) is 0 Å². The lowest BCUT2D eigenvalue weighted by Gasteiger charge is -1.96. The van der Waals surface area contributed by atoms with Crippen LogP contribution in [0.1, 0.15) is 0 Å². The zero-order valence-electron chi connectivity index (χ0n) is 5.39. The van der Waals surface area contributed by atoms with Gasteiger partial charge in [0.15, 0.2) is 17.2 Å². The van der Waals surface area contributed by atoms with Crippen molar-refractivity contribution in [1.29, 1.82) is 0 Å². The molecule has 0 heterocycles. The molecule has 1 aromatic carbocycles. The van der Waals surface area contributed by atoms with Gasteiger partial charge in [0.05, 0.1) is 0 Å². The molecule has 64 valence electrons. The van der Waals surface area contributed by atoms with E-state index in [9.17, 15) is 0 Å². The Bertz CT molecular complexity index is 207. The van der Waals surface area contributed by atoms with E-state index < -0.39 is 5.75 Å². The van der Waals surface area contributed by atoms with Gasteiger partial charge in [-0.2, -0.15) is 0 Å². The molecule has 0 radical (unpaired) electrons. The van der Waals surface area contributed by atoms with Gasteiger partial charge in [0.2, 0.25) is 0 Å². The topological polar surface area (TPSA) is 60.7 Å². The molecule has 1 rings (SSSR count). The molecule has 3 N–H and O–H groups in total. The molecule has 0 aromatic heterocycles. The summed E-state index contributed by atoms with van der Waals surface area (Å²) in [6.45, 7) is 0. The highest BCUT2D eigenvalue weighted by atomic mass is 35.5. The Morgan fingerprint density at radius 3 is 1.45 bits per heavy atom. The van der Waals surface area contributed by atoms with Crippen molar-refractivity contribution in [2.24, 2.45) is 0 Å². The summed E-state index contributed by atoms with van der Waals surface area (Å²) < 4.78 is 0. The molecular formula is C6H8Cl2O3. The van der Waals surface area contributed by atoms with E-state index in [-0.39, 0.29) is 36.3 Å². The number of hydrogen-bond donors (Lipinski definition) is 3. The van der Waals surface area contributed by atoms with Crippen molar-refractivity contribution in [1.82, 2.24) is 0 Å². The molecule has 3 nitrogen and oxygen atoms in total. The van der Waals surface area contributed by atoms with Crippen LogP contribution in [0.15, 0.2) is 18.2 Å². The summed E-state index contributed by atoms with van der Waals surface area (Å²) in [5.74, 6) is -1.09. The minimum atomic E-state index is -0.475. The molecule has 0 aliphatic heterocycles. The molecule has 0 bridgehead atoms. The van der Waals surface area contributed by atoms with Crippen LogP contribution >= 0.6 is 24.8 Å². The van der Waals surface area contributed by atoms with E-state index in [1.54, 1.807) is 0 Å². The van der Waals surface area contributed by atoms with E-state index in [2.05, 4.69) is 0 Å². The highest BCUT2D eigenvalue weighted by Crippen LogP contribution is 2.32. The Morgan fingerprint density at radius 2 is 1.18 bits per heavy atom. The first-order valence-electron chi connectivity index (χ1n) is 2.41. The van der Waals surface area contributed by atoms with Gasteiger partial charge in [-0.15, -0.1) is 24.8 Å². The van der Waals surface area contributed by atoms with Crippen LogP contribution in [-0.2, 0) is 0 Å². The maximum atomic E-state index is 8.71. The molecule has 0 aliphatic carbocycles. The maximum Gasteiger partial charge on any atom is 0.200 e. The first kappa shape index (κ1) is 12.8.